The summed E-state index contributed by atoms with van der Waals surface area (Å²) in [5.41, 5.74) is 3.13. The third-order valence-corrected chi connectivity index (χ3v) is 8.45. The van der Waals surface area contributed by atoms with Crippen molar-refractivity contribution in [1.29, 1.82) is 0 Å². The Morgan fingerprint density at radius 2 is 2.07 bits per heavy atom. The monoisotopic (exact) mass is 411 g/mol. The lowest BCUT2D eigenvalue weighted by molar-refractivity contribution is -0.142. The number of piperidine rings is 1. The highest BCUT2D eigenvalue weighted by Crippen LogP contribution is 2.55. The molecule has 0 N–H and O–H groups in total. The van der Waals surface area contributed by atoms with Gasteiger partial charge in [-0.1, -0.05) is 39.2 Å². The lowest BCUT2D eigenvalue weighted by Gasteiger charge is -2.58. The molecule has 2 unspecified atom stereocenters. The van der Waals surface area contributed by atoms with E-state index in [0.717, 1.165) is 19.4 Å². The minimum absolute atomic E-state index is 0.0454. The van der Waals surface area contributed by atoms with Gasteiger partial charge >= 0.3 is 5.97 Å². The van der Waals surface area contributed by atoms with Gasteiger partial charge in [-0.15, -0.1) is 0 Å². The van der Waals surface area contributed by atoms with Crippen molar-refractivity contribution >= 4 is 11.8 Å². The smallest absolute Gasteiger partial charge is 0.315 e. The summed E-state index contributed by atoms with van der Waals surface area (Å²) in [6.07, 6.45) is 8.63. The van der Waals surface area contributed by atoms with Gasteiger partial charge in [0, 0.05) is 17.9 Å². The molecule has 1 saturated heterocycles. The van der Waals surface area contributed by atoms with Crippen LogP contribution in [0.25, 0.3) is 0 Å². The van der Waals surface area contributed by atoms with Crippen LogP contribution in [0, 0.1) is 17.8 Å². The molecule has 1 aromatic carbocycles. The number of benzene rings is 1. The maximum Gasteiger partial charge on any atom is 0.315 e. The van der Waals surface area contributed by atoms with Crippen LogP contribution in [0.2, 0.25) is 0 Å². The van der Waals surface area contributed by atoms with Crippen LogP contribution in [0.1, 0.15) is 76.8 Å². The zero-order valence-electron chi connectivity index (χ0n) is 19.1. The minimum atomic E-state index is -0.364. The predicted octanol–water partition coefficient (Wildman–Crippen LogP) is 4.92. The maximum atomic E-state index is 13.0. The molecule has 1 saturated carbocycles. The highest BCUT2D eigenvalue weighted by molar-refractivity contribution is 5.84. The zero-order valence-corrected chi connectivity index (χ0v) is 19.1. The number of Topliss-reactive ketones (excluding diaryl/α,β-unsaturated/α-hetero) is 1. The number of nitrogens with zero attached hydrogens (tertiary/aromatic N) is 1. The van der Waals surface area contributed by atoms with E-state index in [1.165, 1.54) is 43.2 Å². The summed E-state index contributed by atoms with van der Waals surface area (Å²) >= 11 is 0. The molecule has 4 heteroatoms. The van der Waals surface area contributed by atoms with Crippen molar-refractivity contribution < 1.29 is 14.3 Å². The van der Waals surface area contributed by atoms with Gasteiger partial charge in [0.15, 0.2) is 0 Å². The lowest BCUT2D eigenvalue weighted by atomic mass is 9.52. The summed E-state index contributed by atoms with van der Waals surface area (Å²) < 4.78 is 5.90. The third-order valence-electron chi connectivity index (χ3n) is 8.45. The van der Waals surface area contributed by atoms with E-state index < -0.39 is 0 Å². The summed E-state index contributed by atoms with van der Waals surface area (Å²) in [7, 11) is 2.29. The Morgan fingerprint density at radius 3 is 2.80 bits per heavy atom. The van der Waals surface area contributed by atoms with Crippen molar-refractivity contribution in [2.75, 3.05) is 13.6 Å². The van der Waals surface area contributed by atoms with Gasteiger partial charge in [0.1, 0.15) is 11.5 Å². The fourth-order valence-corrected chi connectivity index (χ4v) is 6.54. The Balaban J connectivity index is 1.63. The summed E-state index contributed by atoms with van der Waals surface area (Å²) in [5.74, 6) is 0.936. The van der Waals surface area contributed by atoms with Crippen LogP contribution in [0.5, 0.6) is 5.75 Å². The first-order chi connectivity index (χ1) is 14.4. The largest absolute Gasteiger partial charge is 0.426 e. The van der Waals surface area contributed by atoms with Crippen molar-refractivity contribution in [1.82, 2.24) is 4.90 Å². The van der Waals surface area contributed by atoms with E-state index in [2.05, 4.69) is 31.0 Å². The molecule has 4 nitrogen and oxygen atoms in total. The Morgan fingerprint density at radius 1 is 1.27 bits per heavy atom. The Kier molecular flexibility index (Phi) is 6.07. The predicted molar refractivity (Wildman–Crippen MR) is 119 cm³/mol. The second-order valence-electron chi connectivity index (χ2n) is 10.1. The molecule has 0 amide bonds. The fourth-order valence-electron chi connectivity index (χ4n) is 6.54. The fraction of sp³-hybridized carbons (Fsp3) is 0.692. The number of likely N-dealkylation sites (tertiary alicyclic amines) is 1. The van der Waals surface area contributed by atoms with Crippen LogP contribution in [0.3, 0.4) is 0 Å². The third kappa shape index (κ3) is 3.72. The van der Waals surface area contributed by atoms with Crippen LogP contribution in [-0.2, 0) is 21.4 Å². The number of likely N-dealkylation sites (N-methyl/N-ethyl adjacent to an activating group) is 1. The molecule has 2 bridgehead atoms. The Bertz CT molecular complexity index is 818. The number of fused-ring (bicyclic) bond motifs is 1. The van der Waals surface area contributed by atoms with Crippen LogP contribution in [0.15, 0.2) is 18.2 Å². The van der Waals surface area contributed by atoms with E-state index in [9.17, 15) is 9.59 Å². The van der Waals surface area contributed by atoms with Crippen LogP contribution < -0.4 is 4.74 Å². The normalized spacial score (nSPS) is 30.0. The first-order valence-corrected chi connectivity index (χ1v) is 11.9. The van der Waals surface area contributed by atoms with E-state index in [-0.39, 0.29) is 35.4 Å². The topological polar surface area (TPSA) is 46.6 Å². The van der Waals surface area contributed by atoms with E-state index in [1.54, 1.807) is 6.92 Å². The number of ketones is 1. The van der Waals surface area contributed by atoms with Crippen molar-refractivity contribution in [3.8, 4) is 5.75 Å². The molecule has 4 rings (SSSR count). The van der Waals surface area contributed by atoms with Crippen LogP contribution in [0.4, 0.5) is 0 Å². The number of hydrogen-bond acceptors (Lipinski definition) is 4. The Hall–Kier alpha value is -1.68. The number of rotatable bonds is 6. The molecule has 1 heterocycles. The molecule has 1 aromatic rings. The second-order valence-corrected chi connectivity index (χ2v) is 10.1. The SMILES string of the molecule is CCC(C)C(CC(C)=O)C(=O)Oc1ccc2c(c1)[C@@]13CCCC[C@H]1[C@@H](C2)N(C)CC3. The average molecular weight is 412 g/mol. The molecule has 5 atom stereocenters. The number of carbonyl (C=O) groups excluding carboxylic acids is 2. The minimum Gasteiger partial charge on any atom is -0.426 e. The van der Waals surface area contributed by atoms with E-state index in [4.69, 9.17) is 4.74 Å². The molecule has 2 aliphatic carbocycles. The summed E-state index contributed by atoms with van der Waals surface area (Å²) in [4.78, 5) is 27.3. The zero-order chi connectivity index (χ0) is 21.5. The van der Waals surface area contributed by atoms with Crippen molar-refractivity contribution in [2.45, 2.75) is 83.6 Å². The Labute approximate surface area is 181 Å². The second kappa shape index (κ2) is 8.45. The first kappa shape index (κ1) is 21.5. The summed E-state index contributed by atoms with van der Waals surface area (Å²) in [5, 5.41) is 0. The summed E-state index contributed by atoms with van der Waals surface area (Å²) in [6.45, 7) is 6.80. The lowest BCUT2D eigenvalue weighted by Crippen LogP contribution is -2.59. The van der Waals surface area contributed by atoms with Gasteiger partial charge < -0.3 is 14.4 Å². The highest BCUT2D eigenvalue weighted by Gasteiger charge is 2.53. The molecule has 0 radical (unpaired) electrons. The van der Waals surface area contributed by atoms with Gasteiger partial charge in [0.2, 0.25) is 0 Å². The standard InChI is InChI=1S/C26H37NO3/c1-5-17(2)21(14-18(3)28)25(29)30-20-10-9-19-15-24-22-8-6-7-11-26(22,23(19)16-20)12-13-27(24)4/h9-10,16-17,21-22,24H,5-8,11-15H2,1-4H3/t17?,21?,22-,24+,26+/m0/s1. The van der Waals surface area contributed by atoms with Crippen LogP contribution >= 0.6 is 0 Å². The molecule has 2 fully saturated rings. The maximum absolute atomic E-state index is 13.0. The molecular weight excluding hydrogens is 374 g/mol. The van der Waals surface area contributed by atoms with Gasteiger partial charge in [-0.2, -0.15) is 0 Å². The molecule has 164 valence electrons. The van der Waals surface area contributed by atoms with Gasteiger partial charge in [-0.05, 0) is 81.3 Å². The molecule has 1 aliphatic heterocycles. The van der Waals surface area contributed by atoms with Crippen LogP contribution in [-0.4, -0.2) is 36.3 Å². The quantitative estimate of drug-likeness (QED) is 0.492. The molecule has 30 heavy (non-hydrogen) atoms. The van der Waals surface area contributed by atoms with E-state index in [1.807, 2.05) is 13.0 Å². The van der Waals surface area contributed by atoms with Gasteiger partial charge in [-0.25, -0.2) is 0 Å². The average Bonchev–Trinajstić information content (AvgIpc) is 2.74. The van der Waals surface area contributed by atoms with Gasteiger partial charge in [0.25, 0.3) is 0 Å². The molecule has 3 aliphatic rings. The number of hydrogen-bond donors (Lipinski definition) is 0. The number of ether oxygens (including phenoxy) is 1. The molecule has 0 spiro atoms. The number of carbonyl (C=O) groups is 2. The number of esters is 1. The van der Waals surface area contributed by atoms with Gasteiger partial charge in [0.05, 0.1) is 5.92 Å². The highest BCUT2D eigenvalue weighted by atomic mass is 16.5. The van der Waals surface area contributed by atoms with Crippen molar-refractivity contribution in [2.24, 2.45) is 17.8 Å². The first-order valence-electron chi connectivity index (χ1n) is 11.9. The molecule has 0 aromatic heterocycles. The van der Waals surface area contributed by atoms with E-state index in [0.29, 0.717) is 17.7 Å². The van der Waals surface area contributed by atoms with E-state index >= 15 is 0 Å². The summed E-state index contributed by atoms with van der Waals surface area (Å²) in [6, 6.07) is 6.98. The molecular formula is C26H37NO3. The van der Waals surface area contributed by atoms with Gasteiger partial charge in [-0.3, -0.25) is 4.79 Å². The van der Waals surface area contributed by atoms with Crippen molar-refractivity contribution in [3.05, 3.63) is 29.3 Å². The van der Waals surface area contributed by atoms with Crippen molar-refractivity contribution in [3.63, 3.8) is 0 Å².